The molecule has 3 N–H and O–H groups in total. The number of rotatable bonds is 7. The van der Waals surface area contributed by atoms with Crippen LogP contribution in [-0.2, 0) is 0 Å². The van der Waals surface area contributed by atoms with Crippen LogP contribution < -0.4 is 25.6 Å². The van der Waals surface area contributed by atoms with Crippen molar-refractivity contribution < 1.29 is 9.53 Å². The molecule has 0 spiro atoms. The highest BCUT2D eigenvalue weighted by Crippen LogP contribution is 2.19. The van der Waals surface area contributed by atoms with Gasteiger partial charge in [-0.05, 0) is 55.0 Å². The largest absolute Gasteiger partial charge is 0.494 e. The molecule has 0 unspecified atom stereocenters. The van der Waals surface area contributed by atoms with Gasteiger partial charge in [-0.25, -0.2) is 4.79 Å². The lowest BCUT2D eigenvalue weighted by Crippen LogP contribution is -2.43. The number of amides is 2. The van der Waals surface area contributed by atoms with Crippen molar-refractivity contribution in [3.63, 3.8) is 0 Å². The fourth-order valence-electron chi connectivity index (χ4n) is 2.94. The zero-order valence-electron chi connectivity index (χ0n) is 15.8. The van der Waals surface area contributed by atoms with Crippen LogP contribution in [0.4, 0.5) is 21.9 Å². The molecular weight excluding hydrogens is 340 g/mol. The van der Waals surface area contributed by atoms with Crippen LogP contribution in [-0.4, -0.2) is 38.8 Å². The van der Waals surface area contributed by atoms with Gasteiger partial charge in [-0.3, -0.25) is 0 Å². The van der Waals surface area contributed by atoms with Crippen LogP contribution in [0.1, 0.15) is 19.8 Å². The molecule has 0 atom stereocenters. The molecular formula is C21H28N4O2. The lowest BCUT2D eigenvalue weighted by atomic mass is 10.2. The number of nitrogens with one attached hydrogen (secondary N) is 3. The van der Waals surface area contributed by atoms with E-state index in [1.54, 1.807) is 0 Å². The zero-order valence-corrected chi connectivity index (χ0v) is 15.8. The minimum Gasteiger partial charge on any atom is -0.494 e. The fourth-order valence-corrected chi connectivity index (χ4v) is 2.94. The summed E-state index contributed by atoms with van der Waals surface area (Å²) >= 11 is 0. The molecule has 144 valence electrons. The minimum absolute atomic E-state index is 0.260. The first-order valence-corrected chi connectivity index (χ1v) is 9.61. The number of anilines is 3. The van der Waals surface area contributed by atoms with Gasteiger partial charge in [-0.15, -0.1) is 0 Å². The predicted octanol–water partition coefficient (Wildman–Crippen LogP) is 3.92. The third-order valence-corrected chi connectivity index (χ3v) is 4.49. The number of unbranched alkanes of at least 4 members (excludes halogenated alkanes) is 1. The maximum Gasteiger partial charge on any atom is 0.323 e. The van der Waals surface area contributed by atoms with Gasteiger partial charge in [0.05, 0.1) is 6.61 Å². The first kappa shape index (κ1) is 19.0. The molecule has 1 aliphatic heterocycles. The summed E-state index contributed by atoms with van der Waals surface area (Å²) < 4.78 is 5.63. The first-order chi connectivity index (χ1) is 13.2. The number of hydrogen-bond donors (Lipinski definition) is 3. The molecule has 2 amide bonds. The Morgan fingerprint density at radius 1 is 1.00 bits per heavy atom. The third-order valence-electron chi connectivity index (χ3n) is 4.49. The first-order valence-electron chi connectivity index (χ1n) is 9.61. The minimum atomic E-state index is -0.260. The van der Waals surface area contributed by atoms with Crippen molar-refractivity contribution in [3.05, 3.63) is 48.5 Å². The molecule has 6 heteroatoms. The molecule has 2 aromatic rings. The van der Waals surface area contributed by atoms with E-state index in [2.05, 4.69) is 27.8 Å². The Kier molecular flexibility index (Phi) is 6.93. The molecule has 0 bridgehead atoms. The smallest absolute Gasteiger partial charge is 0.323 e. The molecule has 1 saturated heterocycles. The van der Waals surface area contributed by atoms with Crippen molar-refractivity contribution in [2.45, 2.75) is 19.8 Å². The molecule has 1 aliphatic rings. The molecule has 1 heterocycles. The van der Waals surface area contributed by atoms with Crippen LogP contribution in [0.5, 0.6) is 5.75 Å². The van der Waals surface area contributed by atoms with E-state index in [9.17, 15) is 4.79 Å². The Balaban J connectivity index is 1.48. The maximum atomic E-state index is 12.2. The highest BCUT2D eigenvalue weighted by molar-refractivity contribution is 5.99. The van der Waals surface area contributed by atoms with Gasteiger partial charge in [-0.1, -0.05) is 13.3 Å². The van der Waals surface area contributed by atoms with Crippen LogP contribution in [0.2, 0.25) is 0 Å². The molecule has 2 aromatic carbocycles. The molecule has 0 aliphatic carbocycles. The van der Waals surface area contributed by atoms with Crippen LogP contribution in [0, 0.1) is 0 Å². The van der Waals surface area contributed by atoms with E-state index in [1.807, 2.05) is 48.5 Å². The number of ether oxygens (including phenoxy) is 1. The quantitative estimate of drug-likeness (QED) is 0.648. The summed E-state index contributed by atoms with van der Waals surface area (Å²) in [6.45, 7) is 6.87. The molecule has 27 heavy (non-hydrogen) atoms. The summed E-state index contributed by atoms with van der Waals surface area (Å²) in [5.41, 5.74) is 2.68. The van der Waals surface area contributed by atoms with Gasteiger partial charge in [0.1, 0.15) is 5.75 Å². The summed E-state index contributed by atoms with van der Waals surface area (Å²) in [6, 6.07) is 15.1. The molecule has 6 nitrogen and oxygen atoms in total. The second-order valence-electron chi connectivity index (χ2n) is 6.59. The van der Waals surface area contributed by atoms with Gasteiger partial charge in [0.25, 0.3) is 0 Å². The molecule has 0 radical (unpaired) electrons. The third kappa shape index (κ3) is 5.89. The topological polar surface area (TPSA) is 65.6 Å². The van der Waals surface area contributed by atoms with Crippen molar-refractivity contribution in [2.24, 2.45) is 0 Å². The monoisotopic (exact) mass is 368 g/mol. The molecule has 3 rings (SSSR count). The number of hydrogen-bond acceptors (Lipinski definition) is 4. The number of urea groups is 1. The summed E-state index contributed by atoms with van der Waals surface area (Å²) in [5, 5.41) is 9.05. The molecule has 1 fully saturated rings. The van der Waals surface area contributed by atoms with Crippen LogP contribution in [0.25, 0.3) is 0 Å². The second-order valence-corrected chi connectivity index (χ2v) is 6.59. The fraction of sp³-hybridized carbons (Fsp3) is 0.381. The number of carbonyl (C=O) groups excluding carboxylic acids is 1. The van der Waals surface area contributed by atoms with Gasteiger partial charge in [-0.2, -0.15) is 0 Å². The van der Waals surface area contributed by atoms with Crippen molar-refractivity contribution in [2.75, 3.05) is 48.3 Å². The predicted molar refractivity (Wildman–Crippen MR) is 111 cm³/mol. The number of carbonyl (C=O) groups is 1. The van der Waals surface area contributed by atoms with Crippen LogP contribution in [0.15, 0.2) is 48.5 Å². The van der Waals surface area contributed by atoms with Crippen molar-refractivity contribution in [1.82, 2.24) is 5.32 Å². The van der Waals surface area contributed by atoms with Gasteiger partial charge >= 0.3 is 6.03 Å². The van der Waals surface area contributed by atoms with Crippen molar-refractivity contribution in [1.29, 1.82) is 0 Å². The summed E-state index contributed by atoms with van der Waals surface area (Å²) in [7, 11) is 0. The van der Waals surface area contributed by atoms with Crippen molar-refractivity contribution >= 4 is 23.1 Å². The Morgan fingerprint density at radius 3 is 2.19 bits per heavy atom. The van der Waals surface area contributed by atoms with Gasteiger partial charge in [0, 0.05) is 43.2 Å². The highest BCUT2D eigenvalue weighted by atomic mass is 16.5. The van der Waals surface area contributed by atoms with Crippen LogP contribution in [0.3, 0.4) is 0 Å². The standard InChI is InChI=1S/C21H28N4O2/c1-2-3-16-27-20-10-6-18(7-11-20)24-21(26)23-17-4-8-19(9-5-17)25-14-12-22-13-15-25/h4-11,22H,2-3,12-16H2,1H3,(H2,23,24,26). The zero-order chi connectivity index (χ0) is 18.9. The Bertz CT molecular complexity index is 710. The van der Waals surface area contributed by atoms with E-state index in [0.29, 0.717) is 6.61 Å². The maximum absolute atomic E-state index is 12.2. The van der Waals surface area contributed by atoms with E-state index in [0.717, 1.165) is 56.1 Å². The van der Waals surface area contributed by atoms with E-state index >= 15 is 0 Å². The van der Waals surface area contributed by atoms with E-state index in [4.69, 9.17) is 4.74 Å². The number of piperazine rings is 1. The second kappa shape index (κ2) is 9.83. The lowest BCUT2D eigenvalue weighted by molar-refractivity contribution is 0.262. The Labute approximate surface area is 160 Å². The average Bonchev–Trinajstić information content (AvgIpc) is 2.71. The summed E-state index contributed by atoms with van der Waals surface area (Å²) in [4.78, 5) is 14.5. The van der Waals surface area contributed by atoms with E-state index in [1.165, 1.54) is 5.69 Å². The highest BCUT2D eigenvalue weighted by Gasteiger charge is 2.10. The van der Waals surface area contributed by atoms with Gasteiger partial charge in [0.2, 0.25) is 0 Å². The molecule has 0 saturated carbocycles. The lowest BCUT2D eigenvalue weighted by Gasteiger charge is -2.29. The SMILES string of the molecule is CCCCOc1ccc(NC(=O)Nc2ccc(N3CCNCC3)cc2)cc1. The Hall–Kier alpha value is -2.73. The number of nitrogens with zero attached hydrogens (tertiary/aromatic N) is 1. The van der Waals surface area contributed by atoms with Crippen molar-refractivity contribution in [3.8, 4) is 5.75 Å². The summed E-state index contributed by atoms with van der Waals surface area (Å²) in [5.74, 6) is 0.818. The van der Waals surface area contributed by atoms with Gasteiger partial charge in [0.15, 0.2) is 0 Å². The van der Waals surface area contributed by atoms with Crippen LogP contribution >= 0.6 is 0 Å². The van der Waals surface area contributed by atoms with Gasteiger partial charge < -0.3 is 25.6 Å². The Morgan fingerprint density at radius 2 is 1.59 bits per heavy atom. The van der Waals surface area contributed by atoms with E-state index in [-0.39, 0.29) is 6.03 Å². The normalized spacial score (nSPS) is 13.9. The van der Waals surface area contributed by atoms with E-state index < -0.39 is 0 Å². The number of benzene rings is 2. The summed E-state index contributed by atoms with van der Waals surface area (Å²) in [6.07, 6.45) is 2.14. The average molecular weight is 368 g/mol. The molecule has 0 aromatic heterocycles.